The fourth-order valence-corrected chi connectivity index (χ4v) is 3.19. The highest BCUT2D eigenvalue weighted by molar-refractivity contribution is 14.0. The molecule has 3 heterocycles. The second-order valence-electron chi connectivity index (χ2n) is 6.66. The number of hydrogen-bond donors (Lipinski definition) is 1. The van der Waals surface area contributed by atoms with Gasteiger partial charge in [-0.1, -0.05) is 0 Å². The lowest BCUT2D eigenvalue weighted by Crippen LogP contribution is -2.53. The molecule has 0 unspecified atom stereocenters. The average molecular weight is 501 g/mol. The summed E-state index contributed by atoms with van der Waals surface area (Å²) in [6.45, 7) is 3.35. The summed E-state index contributed by atoms with van der Waals surface area (Å²) in [5.41, 5.74) is 1.08. The molecule has 2 aromatic heterocycles. The highest BCUT2D eigenvalue weighted by atomic mass is 127. The van der Waals surface area contributed by atoms with Crippen LogP contribution in [0.15, 0.2) is 34.0 Å². The third kappa shape index (κ3) is 4.78. The molecular formula is C18H28IN7O2. The molecule has 0 spiro atoms. The lowest BCUT2D eigenvalue weighted by Gasteiger charge is -2.36. The number of rotatable bonds is 4. The van der Waals surface area contributed by atoms with Gasteiger partial charge in [0.25, 0.3) is 5.91 Å². The van der Waals surface area contributed by atoms with Crippen molar-refractivity contribution in [2.24, 2.45) is 12.0 Å². The predicted molar refractivity (Wildman–Crippen MR) is 119 cm³/mol. The summed E-state index contributed by atoms with van der Waals surface area (Å²) in [5, 5.41) is 3.39. The Kier molecular flexibility index (Phi) is 7.72. The molecule has 0 radical (unpaired) electrons. The molecule has 1 amide bonds. The smallest absolute Gasteiger partial charge is 0.289 e. The van der Waals surface area contributed by atoms with Crippen LogP contribution < -0.4 is 10.2 Å². The second kappa shape index (κ2) is 9.80. The van der Waals surface area contributed by atoms with Crippen molar-refractivity contribution in [2.75, 3.05) is 52.2 Å². The number of carbonyl (C=O) groups is 1. The lowest BCUT2D eigenvalue weighted by molar-refractivity contribution is 0.0657. The van der Waals surface area contributed by atoms with E-state index < -0.39 is 0 Å². The van der Waals surface area contributed by atoms with Crippen molar-refractivity contribution in [1.82, 2.24) is 24.7 Å². The molecule has 3 rings (SSSR count). The second-order valence-corrected chi connectivity index (χ2v) is 6.66. The van der Waals surface area contributed by atoms with E-state index in [9.17, 15) is 4.79 Å². The van der Waals surface area contributed by atoms with E-state index in [0.717, 1.165) is 30.7 Å². The van der Waals surface area contributed by atoms with Gasteiger partial charge < -0.3 is 29.0 Å². The van der Waals surface area contributed by atoms with Crippen LogP contribution in [0.1, 0.15) is 16.2 Å². The van der Waals surface area contributed by atoms with Crippen molar-refractivity contribution in [3.05, 3.63) is 36.0 Å². The molecule has 0 saturated carbocycles. The minimum absolute atomic E-state index is 0. The molecule has 1 saturated heterocycles. The Labute approximate surface area is 182 Å². The van der Waals surface area contributed by atoms with Crippen LogP contribution in [-0.4, -0.2) is 78.5 Å². The predicted octanol–water partition coefficient (Wildman–Crippen LogP) is 1.23. The molecule has 0 aliphatic carbocycles. The number of guanidine groups is 1. The number of aromatic nitrogens is 2. The fraction of sp³-hybridized carbons (Fsp3) is 0.500. The van der Waals surface area contributed by atoms with Gasteiger partial charge in [0, 0.05) is 54.4 Å². The Hall–Kier alpha value is -2.24. The van der Waals surface area contributed by atoms with Crippen LogP contribution in [0.3, 0.4) is 0 Å². The van der Waals surface area contributed by atoms with Gasteiger partial charge in [-0.2, -0.15) is 0 Å². The van der Waals surface area contributed by atoms with Crippen molar-refractivity contribution in [1.29, 1.82) is 0 Å². The number of nitrogens with zero attached hydrogens (tertiary/aromatic N) is 6. The third-order valence-corrected chi connectivity index (χ3v) is 4.70. The molecule has 2 aromatic rings. The minimum atomic E-state index is -0.0614. The van der Waals surface area contributed by atoms with E-state index in [1.54, 1.807) is 19.2 Å². The summed E-state index contributed by atoms with van der Waals surface area (Å²) in [5.74, 6) is 2.06. The summed E-state index contributed by atoms with van der Waals surface area (Å²) in [6, 6.07) is 3.43. The summed E-state index contributed by atoms with van der Waals surface area (Å²) in [4.78, 5) is 27.1. The molecular weight excluding hydrogens is 473 g/mol. The lowest BCUT2D eigenvalue weighted by atomic mass is 10.3. The molecule has 1 N–H and O–H groups in total. The molecule has 9 nitrogen and oxygen atoms in total. The Balaban J connectivity index is 0.00000280. The van der Waals surface area contributed by atoms with Crippen molar-refractivity contribution in [2.45, 2.75) is 6.54 Å². The maximum Gasteiger partial charge on any atom is 0.289 e. The standard InChI is InChI=1S/C18H27N7O2.HI/c1-19-17(20-12-14-13-21-18(22(2)3)23(14)4)25-9-7-24(8-10-25)16(26)15-6-5-11-27-15;/h5-6,11,13H,7-10,12H2,1-4H3,(H,19,20);1H. The van der Waals surface area contributed by atoms with Gasteiger partial charge in [-0.25, -0.2) is 4.98 Å². The van der Waals surface area contributed by atoms with E-state index >= 15 is 0 Å². The number of imidazole rings is 1. The third-order valence-electron chi connectivity index (χ3n) is 4.70. The quantitative estimate of drug-likeness (QED) is 0.386. The highest BCUT2D eigenvalue weighted by Gasteiger charge is 2.25. The maximum atomic E-state index is 12.4. The fourth-order valence-electron chi connectivity index (χ4n) is 3.19. The van der Waals surface area contributed by atoms with E-state index in [-0.39, 0.29) is 29.9 Å². The van der Waals surface area contributed by atoms with Gasteiger partial charge in [-0.3, -0.25) is 9.79 Å². The molecule has 0 atom stereocenters. The number of furan rings is 1. The number of halogens is 1. The summed E-state index contributed by atoms with van der Waals surface area (Å²) in [7, 11) is 7.72. The monoisotopic (exact) mass is 501 g/mol. The van der Waals surface area contributed by atoms with Crippen molar-refractivity contribution >= 4 is 41.8 Å². The summed E-state index contributed by atoms with van der Waals surface area (Å²) >= 11 is 0. The van der Waals surface area contributed by atoms with Gasteiger partial charge in [0.2, 0.25) is 5.95 Å². The topological polar surface area (TPSA) is 82.1 Å². The van der Waals surface area contributed by atoms with Crippen molar-refractivity contribution < 1.29 is 9.21 Å². The maximum absolute atomic E-state index is 12.4. The van der Waals surface area contributed by atoms with E-state index in [1.165, 1.54) is 6.26 Å². The Morgan fingerprint density at radius 2 is 1.96 bits per heavy atom. The van der Waals surface area contributed by atoms with E-state index in [2.05, 4.69) is 24.8 Å². The molecule has 0 bridgehead atoms. The van der Waals surface area contributed by atoms with Crippen LogP contribution in [0.5, 0.6) is 0 Å². The molecule has 1 fully saturated rings. The molecule has 10 heteroatoms. The van der Waals surface area contributed by atoms with Gasteiger partial charge in [-0.05, 0) is 12.1 Å². The van der Waals surface area contributed by atoms with E-state index in [1.807, 2.05) is 37.1 Å². The first kappa shape index (κ1) is 22.1. The van der Waals surface area contributed by atoms with Crippen LogP contribution in [-0.2, 0) is 13.6 Å². The number of hydrogen-bond acceptors (Lipinski definition) is 5. The molecule has 1 aliphatic rings. The average Bonchev–Trinajstić information content (AvgIpc) is 3.32. The first-order valence-corrected chi connectivity index (χ1v) is 8.97. The van der Waals surface area contributed by atoms with Gasteiger partial charge in [-0.15, -0.1) is 24.0 Å². The van der Waals surface area contributed by atoms with E-state index in [0.29, 0.717) is 25.4 Å². The Morgan fingerprint density at radius 1 is 1.29 bits per heavy atom. The molecule has 0 aromatic carbocycles. The highest BCUT2D eigenvalue weighted by Crippen LogP contribution is 2.12. The number of amides is 1. The molecule has 28 heavy (non-hydrogen) atoms. The van der Waals surface area contributed by atoms with Crippen LogP contribution in [0.25, 0.3) is 0 Å². The molecule has 1 aliphatic heterocycles. The number of anilines is 1. The number of nitrogens with one attached hydrogen (secondary N) is 1. The van der Waals surface area contributed by atoms with Gasteiger partial charge in [0.05, 0.1) is 24.7 Å². The zero-order chi connectivity index (χ0) is 19.4. The zero-order valence-electron chi connectivity index (χ0n) is 16.8. The van der Waals surface area contributed by atoms with Crippen molar-refractivity contribution in [3.8, 4) is 0 Å². The number of aliphatic imine (C=N–C) groups is 1. The van der Waals surface area contributed by atoms with Crippen LogP contribution >= 0.6 is 24.0 Å². The van der Waals surface area contributed by atoms with Gasteiger partial charge in [0.15, 0.2) is 11.7 Å². The largest absolute Gasteiger partial charge is 0.459 e. The number of carbonyl (C=O) groups excluding carboxylic acids is 1. The Bertz CT molecular complexity index is 793. The first-order valence-electron chi connectivity index (χ1n) is 8.97. The van der Waals surface area contributed by atoms with Crippen LogP contribution in [0.2, 0.25) is 0 Å². The van der Waals surface area contributed by atoms with E-state index in [4.69, 9.17) is 4.42 Å². The Morgan fingerprint density at radius 3 is 2.50 bits per heavy atom. The summed E-state index contributed by atoms with van der Waals surface area (Å²) < 4.78 is 7.26. The minimum Gasteiger partial charge on any atom is -0.459 e. The summed E-state index contributed by atoms with van der Waals surface area (Å²) in [6.07, 6.45) is 3.39. The number of piperazine rings is 1. The molecule has 154 valence electrons. The SMILES string of the molecule is CN=C(NCc1cnc(N(C)C)n1C)N1CCN(C(=O)c2ccco2)CC1.I. The normalized spacial score (nSPS) is 14.6. The first-order chi connectivity index (χ1) is 13.0. The van der Waals surface area contributed by atoms with Crippen molar-refractivity contribution in [3.63, 3.8) is 0 Å². The van der Waals surface area contributed by atoms with Gasteiger partial charge in [0.1, 0.15) is 0 Å². The van der Waals surface area contributed by atoms with Crippen LogP contribution in [0, 0.1) is 0 Å². The zero-order valence-corrected chi connectivity index (χ0v) is 19.1. The van der Waals surface area contributed by atoms with Gasteiger partial charge >= 0.3 is 0 Å². The van der Waals surface area contributed by atoms with Crippen LogP contribution in [0.4, 0.5) is 5.95 Å².